The average molecular weight is 270 g/mol. The highest BCUT2D eigenvalue weighted by Gasteiger charge is 1.98. The van der Waals surface area contributed by atoms with Crippen LogP contribution in [0.1, 0.15) is 16.7 Å². The zero-order valence-corrected chi connectivity index (χ0v) is 11.5. The Balaban J connectivity index is 1.87. The fraction of sp³-hybridized carbons (Fsp3) is 0.235. The Hall–Kier alpha value is -2.29. The first-order valence-electron chi connectivity index (χ1n) is 6.60. The molecule has 0 radical (unpaired) electrons. The van der Waals surface area contributed by atoms with E-state index in [2.05, 4.69) is 48.1 Å². The van der Waals surface area contributed by atoms with Gasteiger partial charge in [-0.1, -0.05) is 42.0 Å². The lowest BCUT2D eigenvalue weighted by atomic mass is 10.0. The van der Waals surface area contributed by atoms with Crippen molar-refractivity contribution in [1.82, 2.24) is 0 Å². The Labute approximate surface area is 119 Å². The highest BCUT2D eigenvalue weighted by atomic mass is 16.5. The molecule has 2 aromatic carbocycles. The van der Waals surface area contributed by atoms with Gasteiger partial charge in [0.2, 0.25) is 0 Å². The SMILES string of the molecule is Cc1ccc(Cc2ccc(OCCOC=O)cc2)cc1. The van der Waals surface area contributed by atoms with Gasteiger partial charge in [0.15, 0.2) is 0 Å². The number of benzene rings is 2. The predicted molar refractivity (Wildman–Crippen MR) is 77.9 cm³/mol. The van der Waals surface area contributed by atoms with Crippen LogP contribution in [0.25, 0.3) is 0 Å². The van der Waals surface area contributed by atoms with E-state index in [1.807, 2.05) is 12.1 Å². The van der Waals surface area contributed by atoms with Crippen LogP contribution >= 0.6 is 0 Å². The van der Waals surface area contributed by atoms with Crippen molar-refractivity contribution in [3.63, 3.8) is 0 Å². The summed E-state index contributed by atoms with van der Waals surface area (Å²) in [6.07, 6.45) is 0.912. The van der Waals surface area contributed by atoms with Crippen LogP contribution in [-0.2, 0) is 16.0 Å². The normalized spacial score (nSPS) is 10.1. The molecule has 0 bridgehead atoms. The first-order valence-corrected chi connectivity index (χ1v) is 6.60. The van der Waals surface area contributed by atoms with Gasteiger partial charge in [0.25, 0.3) is 6.47 Å². The van der Waals surface area contributed by atoms with Crippen molar-refractivity contribution in [2.24, 2.45) is 0 Å². The van der Waals surface area contributed by atoms with Crippen molar-refractivity contribution in [2.75, 3.05) is 13.2 Å². The first kappa shape index (κ1) is 14.1. The lowest BCUT2D eigenvalue weighted by molar-refractivity contribution is -0.129. The summed E-state index contributed by atoms with van der Waals surface area (Å²) in [5.74, 6) is 0.784. The molecule has 2 rings (SSSR count). The van der Waals surface area contributed by atoms with Crippen molar-refractivity contribution in [3.8, 4) is 5.75 Å². The average Bonchev–Trinajstić information content (AvgIpc) is 2.48. The zero-order chi connectivity index (χ0) is 14.2. The molecular weight excluding hydrogens is 252 g/mol. The number of ether oxygens (including phenoxy) is 2. The highest BCUT2D eigenvalue weighted by Crippen LogP contribution is 2.15. The smallest absolute Gasteiger partial charge is 0.293 e. The molecule has 0 amide bonds. The molecule has 0 aliphatic carbocycles. The molecule has 0 saturated heterocycles. The van der Waals surface area contributed by atoms with E-state index in [9.17, 15) is 4.79 Å². The molecule has 20 heavy (non-hydrogen) atoms. The van der Waals surface area contributed by atoms with Gasteiger partial charge in [0.1, 0.15) is 19.0 Å². The van der Waals surface area contributed by atoms with Gasteiger partial charge in [-0.05, 0) is 36.6 Å². The van der Waals surface area contributed by atoms with Crippen LogP contribution < -0.4 is 4.74 Å². The van der Waals surface area contributed by atoms with Gasteiger partial charge in [-0.25, -0.2) is 0 Å². The third-order valence-corrected chi connectivity index (χ3v) is 2.99. The second-order valence-electron chi connectivity index (χ2n) is 4.62. The Morgan fingerprint density at radius 2 is 1.50 bits per heavy atom. The van der Waals surface area contributed by atoms with Crippen LogP contribution in [0, 0.1) is 6.92 Å². The summed E-state index contributed by atoms with van der Waals surface area (Å²) >= 11 is 0. The predicted octanol–water partition coefficient (Wildman–Crippen LogP) is 3.14. The third-order valence-electron chi connectivity index (χ3n) is 2.99. The Morgan fingerprint density at radius 1 is 0.900 bits per heavy atom. The van der Waals surface area contributed by atoms with Gasteiger partial charge < -0.3 is 9.47 Å². The van der Waals surface area contributed by atoms with Crippen molar-refractivity contribution in [1.29, 1.82) is 0 Å². The van der Waals surface area contributed by atoms with E-state index >= 15 is 0 Å². The summed E-state index contributed by atoms with van der Waals surface area (Å²) in [6.45, 7) is 3.16. The first-order chi connectivity index (χ1) is 9.78. The van der Waals surface area contributed by atoms with Gasteiger partial charge in [-0.2, -0.15) is 0 Å². The fourth-order valence-corrected chi connectivity index (χ4v) is 1.90. The quantitative estimate of drug-likeness (QED) is 0.573. The molecule has 0 saturated carbocycles. The summed E-state index contributed by atoms with van der Waals surface area (Å²) < 4.78 is 10.0. The van der Waals surface area contributed by atoms with Crippen LogP contribution in [0.3, 0.4) is 0 Å². The molecule has 2 aromatic rings. The van der Waals surface area contributed by atoms with Gasteiger partial charge in [-0.15, -0.1) is 0 Å². The number of rotatable bonds is 7. The number of hydrogen-bond acceptors (Lipinski definition) is 3. The van der Waals surface area contributed by atoms with Crippen molar-refractivity contribution < 1.29 is 14.3 Å². The minimum absolute atomic E-state index is 0.272. The minimum Gasteiger partial charge on any atom is -0.490 e. The topological polar surface area (TPSA) is 35.5 Å². The number of aryl methyl sites for hydroxylation is 1. The molecule has 0 heterocycles. The van der Waals surface area contributed by atoms with E-state index in [1.165, 1.54) is 16.7 Å². The molecule has 0 spiro atoms. The van der Waals surface area contributed by atoms with E-state index in [1.54, 1.807) is 0 Å². The summed E-state index contributed by atoms with van der Waals surface area (Å²) in [5, 5.41) is 0. The van der Waals surface area contributed by atoms with Crippen molar-refractivity contribution >= 4 is 6.47 Å². The van der Waals surface area contributed by atoms with Crippen LogP contribution in [0.4, 0.5) is 0 Å². The molecule has 0 aliphatic heterocycles. The van der Waals surface area contributed by atoms with Crippen molar-refractivity contribution in [3.05, 3.63) is 65.2 Å². The summed E-state index contributed by atoms with van der Waals surface area (Å²) in [6, 6.07) is 16.5. The van der Waals surface area contributed by atoms with E-state index in [4.69, 9.17) is 4.74 Å². The maximum absolute atomic E-state index is 9.98. The maximum Gasteiger partial charge on any atom is 0.293 e. The van der Waals surface area contributed by atoms with Crippen LogP contribution in [0.5, 0.6) is 5.75 Å². The number of carbonyl (C=O) groups is 1. The Bertz CT molecular complexity index is 529. The summed E-state index contributed by atoms with van der Waals surface area (Å²) in [5.41, 5.74) is 3.81. The molecule has 0 aliphatic rings. The van der Waals surface area contributed by atoms with Crippen LogP contribution in [0.2, 0.25) is 0 Å². The Kier molecular flexibility index (Phi) is 5.18. The molecule has 3 nitrogen and oxygen atoms in total. The standard InChI is InChI=1S/C17H18O3/c1-14-2-4-15(5-3-14)12-16-6-8-17(9-7-16)20-11-10-19-13-18/h2-9,13H,10-12H2,1H3. The molecule has 0 atom stereocenters. The van der Waals surface area contributed by atoms with E-state index in [-0.39, 0.29) is 6.61 Å². The highest BCUT2D eigenvalue weighted by molar-refractivity contribution is 5.36. The second kappa shape index (κ2) is 7.34. The lowest BCUT2D eigenvalue weighted by Crippen LogP contribution is -2.05. The van der Waals surface area contributed by atoms with Crippen LogP contribution in [-0.4, -0.2) is 19.7 Å². The van der Waals surface area contributed by atoms with E-state index in [0.717, 1.165) is 12.2 Å². The fourth-order valence-electron chi connectivity index (χ4n) is 1.90. The molecule has 0 fully saturated rings. The van der Waals surface area contributed by atoms with Gasteiger partial charge in [0, 0.05) is 0 Å². The molecule has 0 aromatic heterocycles. The second-order valence-corrected chi connectivity index (χ2v) is 4.62. The van der Waals surface area contributed by atoms with Gasteiger partial charge in [0.05, 0.1) is 0 Å². The molecule has 0 N–H and O–H groups in total. The zero-order valence-electron chi connectivity index (χ0n) is 11.5. The third kappa shape index (κ3) is 4.43. The molecule has 3 heteroatoms. The largest absolute Gasteiger partial charge is 0.490 e. The molecular formula is C17H18O3. The van der Waals surface area contributed by atoms with E-state index < -0.39 is 0 Å². The van der Waals surface area contributed by atoms with Crippen LogP contribution in [0.15, 0.2) is 48.5 Å². The van der Waals surface area contributed by atoms with E-state index in [0.29, 0.717) is 13.1 Å². The van der Waals surface area contributed by atoms with Crippen molar-refractivity contribution in [2.45, 2.75) is 13.3 Å². The van der Waals surface area contributed by atoms with Gasteiger partial charge in [-0.3, -0.25) is 4.79 Å². The number of hydrogen-bond donors (Lipinski definition) is 0. The maximum atomic E-state index is 9.98. The summed E-state index contributed by atoms with van der Waals surface area (Å²) in [4.78, 5) is 9.98. The lowest BCUT2D eigenvalue weighted by Gasteiger charge is -2.07. The minimum atomic E-state index is 0.272. The number of carbonyl (C=O) groups excluding carboxylic acids is 1. The molecule has 104 valence electrons. The molecule has 0 unspecified atom stereocenters. The summed E-state index contributed by atoms with van der Waals surface area (Å²) in [7, 11) is 0. The van der Waals surface area contributed by atoms with Gasteiger partial charge >= 0.3 is 0 Å². The Morgan fingerprint density at radius 3 is 2.10 bits per heavy atom. The monoisotopic (exact) mass is 270 g/mol.